The van der Waals surface area contributed by atoms with Gasteiger partial charge in [0.1, 0.15) is 18.3 Å². The van der Waals surface area contributed by atoms with Crippen LogP contribution in [0.5, 0.6) is 0 Å². The number of hydrogen-bond acceptors (Lipinski definition) is 11. The quantitative estimate of drug-likeness (QED) is 0.0905. The molecule has 0 aromatic carbocycles. The SMILES string of the molecule is C=C(C)C(=O)O[C@@H](C=O)[C@@H](O)[C@H](O)[C@H](O)CO.CNC(=O)C(CO)=C(CO)CO. The molecule has 0 aromatic rings. The Morgan fingerprint density at radius 1 is 1.03 bits per heavy atom. The summed E-state index contributed by atoms with van der Waals surface area (Å²) in [4.78, 5) is 32.6. The number of aldehydes is 1. The first-order valence-electron chi connectivity index (χ1n) is 8.28. The fraction of sp³-hybridized carbons (Fsp3) is 0.588. The van der Waals surface area contributed by atoms with Gasteiger partial charge in [-0.2, -0.15) is 0 Å². The van der Waals surface area contributed by atoms with Gasteiger partial charge in [-0.1, -0.05) is 6.58 Å². The highest BCUT2D eigenvalue weighted by Gasteiger charge is 2.33. The van der Waals surface area contributed by atoms with E-state index in [1.54, 1.807) is 0 Å². The lowest BCUT2D eigenvalue weighted by Gasteiger charge is -2.25. The van der Waals surface area contributed by atoms with Crippen molar-refractivity contribution in [1.82, 2.24) is 5.32 Å². The van der Waals surface area contributed by atoms with E-state index >= 15 is 0 Å². The summed E-state index contributed by atoms with van der Waals surface area (Å²) in [5, 5.41) is 64.7. The number of carbonyl (C=O) groups is 3. The molecule has 0 bridgehead atoms. The first-order valence-corrected chi connectivity index (χ1v) is 8.28. The van der Waals surface area contributed by atoms with Crippen molar-refractivity contribution in [3.63, 3.8) is 0 Å². The summed E-state index contributed by atoms with van der Waals surface area (Å²) < 4.78 is 4.53. The predicted molar refractivity (Wildman–Crippen MR) is 98.2 cm³/mol. The molecule has 4 atom stereocenters. The molecule has 0 saturated heterocycles. The number of aliphatic hydroxyl groups excluding tert-OH is 7. The predicted octanol–water partition coefficient (Wildman–Crippen LogP) is -4.25. The summed E-state index contributed by atoms with van der Waals surface area (Å²) in [6.07, 6.45) is -6.82. The van der Waals surface area contributed by atoms with Crippen LogP contribution in [0, 0.1) is 0 Å². The molecule has 0 radical (unpaired) electrons. The first kappa shape index (κ1) is 29.0. The molecule has 0 saturated carbocycles. The van der Waals surface area contributed by atoms with Gasteiger partial charge in [-0.25, -0.2) is 4.79 Å². The van der Waals surface area contributed by atoms with Crippen molar-refractivity contribution in [3.8, 4) is 0 Å². The van der Waals surface area contributed by atoms with E-state index in [2.05, 4.69) is 16.6 Å². The number of ether oxygens (including phenoxy) is 1. The second-order valence-electron chi connectivity index (χ2n) is 5.65. The monoisotopic (exact) mass is 423 g/mol. The van der Waals surface area contributed by atoms with E-state index < -0.39 is 62.7 Å². The average molecular weight is 423 g/mol. The molecule has 0 fully saturated rings. The topological polar surface area (TPSA) is 214 Å². The zero-order valence-corrected chi connectivity index (χ0v) is 16.2. The van der Waals surface area contributed by atoms with Gasteiger partial charge in [0.2, 0.25) is 5.91 Å². The largest absolute Gasteiger partial charge is 0.448 e. The fourth-order valence-corrected chi connectivity index (χ4v) is 1.67. The number of hydrogen-bond donors (Lipinski definition) is 8. The van der Waals surface area contributed by atoms with E-state index in [4.69, 9.17) is 25.5 Å². The summed E-state index contributed by atoms with van der Waals surface area (Å²) in [7, 11) is 1.41. The summed E-state index contributed by atoms with van der Waals surface area (Å²) in [6, 6.07) is 0. The number of aliphatic hydroxyl groups is 7. The maximum absolute atomic E-state index is 11.1. The molecule has 12 nitrogen and oxygen atoms in total. The van der Waals surface area contributed by atoms with Crippen LogP contribution >= 0.6 is 0 Å². The zero-order valence-electron chi connectivity index (χ0n) is 16.2. The van der Waals surface area contributed by atoms with Crippen molar-refractivity contribution in [2.75, 3.05) is 33.5 Å². The van der Waals surface area contributed by atoms with Gasteiger partial charge in [0.15, 0.2) is 12.4 Å². The Bertz CT molecular complexity index is 570. The number of rotatable bonds is 11. The number of carbonyl (C=O) groups excluding carboxylic acids is 3. The normalized spacial score (nSPS) is 14.2. The number of nitrogens with one attached hydrogen (secondary N) is 1. The third-order valence-electron chi connectivity index (χ3n) is 3.46. The summed E-state index contributed by atoms with van der Waals surface area (Å²) in [5.41, 5.74) is 0.167. The second-order valence-corrected chi connectivity index (χ2v) is 5.65. The molecule has 0 aliphatic heterocycles. The van der Waals surface area contributed by atoms with Crippen LogP contribution in [-0.2, 0) is 19.1 Å². The van der Waals surface area contributed by atoms with Crippen LogP contribution in [0.3, 0.4) is 0 Å². The lowest BCUT2D eigenvalue weighted by Crippen LogP contribution is -2.48. The Morgan fingerprint density at radius 3 is 1.86 bits per heavy atom. The molecule has 0 heterocycles. The molecule has 12 heteroatoms. The third-order valence-corrected chi connectivity index (χ3v) is 3.46. The molecule has 0 aliphatic rings. The highest BCUT2D eigenvalue weighted by molar-refractivity contribution is 5.94. The van der Waals surface area contributed by atoms with E-state index in [1.165, 1.54) is 14.0 Å². The standard InChI is InChI=1S/C10H16O7.C7H13NO4/c1-5(2)10(16)17-7(4-12)9(15)8(14)6(13)3-11;1-8-7(12)6(4-11)5(2-9)3-10/h4,6-9,11,13-15H,1,3H2,2H3;9-11H,2-4H2,1H3,(H,8,12)/t6-,7+,8-,9-;/m1./s1. The van der Waals surface area contributed by atoms with Gasteiger partial charge < -0.3 is 45.8 Å². The average Bonchev–Trinajstić information content (AvgIpc) is 2.73. The molecule has 0 aliphatic carbocycles. The van der Waals surface area contributed by atoms with Gasteiger partial charge in [0.25, 0.3) is 0 Å². The Kier molecular flexibility index (Phi) is 15.7. The van der Waals surface area contributed by atoms with Gasteiger partial charge in [-0.15, -0.1) is 0 Å². The van der Waals surface area contributed by atoms with Crippen LogP contribution in [0.25, 0.3) is 0 Å². The molecular weight excluding hydrogens is 394 g/mol. The maximum atomic E-state index is 11.1. The third kappa shape index (κ3) is 10.2. The summed E-state index contributed by atoms with van der Waals surface area (Å²) in [5.74, 6) is -1.40. The molecule has 0 unspecified atom stereocenters. The minimum absolute atomic E-state index is 0.0150. The zero-order chi connectivity index (χ0) is 23.1. The van der Waals surface area contributed by atoms with Crippen molar-refractivity contribution in [2.45, 2.75) is 31.3 Å². The molecule has 0 spiro atoms. The first-order chi connectivity index (χ1) is 13.6. The highest BCUT2D eigenvalue weighted by Crippen LogP contribution is 2.08. The Morgan fingerprint density at radius 2 is 1.55 bits per heavy atom. The Balaban J connectivity index is 0. The molecule has 0 rings (SSSR count). The van der Waals surface area contributed by atoms with Crippen LogP contribution in [-0.4, -0.2) is 112 Å². The minimum Gasteiger partial charge on any atom is -0.448 e. The second kappa shape index (κ2) is 15.7. The van der Waals surface area contributed by atoms with Gasteiger partial charge >= 0.3 is 5.97 Å². The van der Waals surface area contributed by atoms with Gasteiger partial charge in [-0.05, 0) is 12.5 Å². The summed E-state index contributed by atoms with van der Waals surface area (Å²) >= 11 is 0. The lowest BCUT2D eigenvalue weighted by atomic mass is 10.0. The van der Waals surface area contributed by atoms with Crippen molar-refractivity contribution in [2.24, 2.45) is 0 Å². The van der Waals surface area contributed by atoms with Crippen LogP contribution in [0.15, 0.2) is 23.3 Å². The van der Waals surface area contributed by atoms with Crippen LogP contribution in [0.4, 0.5) is 0 Å². The van der Waals surface area contributed by atoms with E-state index in [0.29, 0.717) is 0 Å². The molecule has 29 heavy (non-hydrogen) atoms. The van der Waals surface area contributed by atoms with Gasteiger partial charge in [-0.3, -0.25) is 9.59 Å². The molecule has 8 N–H and O–H groups in total. The highest BCUT2D eigenvalue weighted by atomic mass is 16.6. The Labute approximate surface area is 167 Å². The molecular formula is C17H29NO11. The van der Waals surface area contributed by atoms with Crippen molar-refractivity contribution in [1.29, 1.82) is 0 Å². The fourth-order valence-electron chi connectivity index (χ4n) is 1.67. The van der Waals surface area contributed by atoms with E-state index in [9.17, 15) is 24.6 Å². The van der Waals surface area contributed by atoms with Crippen molar-refractivity contribution < 1.29 is 54.9 Å². The number of esters is 1. The van der Waals surface area contributed by atoms with Gasteiger partial charge in [0.05, 0.1) is 26.4 Å². The molecule has 1 amide bonds. The van der Waals surface area contributed by atoms with Crippen LogP contribution in [0.2, 0.25) is 0 Å². The number of amides is 1. The maximum Gasteiger partial charge on any atom is 0.333 e. The minimum atomic E-state index is -1.84. The Hall–Kier alpha value is -2.19. The summed E-state index contributed by atoms with van der Waals surface area (Å²) in [6.45, 7) is 2.46. The van der Waals surface area contributed by atoms with Crippen LogP contribution < -0.4 is 5.32 Å². The smallest absolute Gasteiger partial charge is 0.333 e. The van der Waals surface area contributed by atoms with Crippen molar-refractivity contribution >= 4 is 18.2 Å². The molecule has 0 aromatic heterocycles. The van der Waals surface area contributed by atoms with Crippen LogP contribution in [0.1, 0.15) is 6.92 Å². The van der Waals surface area contributed by atoms with E-state index in [-0.39, 0.29) is 23.0 Å². The molecule has 168 valence electrons. The van der Waals surface area contributed by atoms with E-state index in [0.717, 1.165) is 0 Å². The lowest BCUT2D eigenvalue weighted by molar-refractivity contribution is -0.164. The van der Waals surface area contributed by atoms with Crippen molar-refractivity contribution in [3.05, 3.63) is 23.3 Å². The van der Waals surface area contributed by atoms with E-state index in [1.807, 2.05) is 0 Å². The number of likely N-dealkylation sites (N-methyl/N-ethyl adjacent to an activating group) is 1. The van der Waals surface area contributed by atoms with Gasteiger partial charge in [0, 0.05) is 18.2 Å².